The molecule has 1 aromatic heterocycles. The molecule has 2 aromatic rings. The molecular weight excluding hydrogens is 274 g/mol. The number of aromatic amines is 1. The van der Waals surface area contributed by atoms with Crippen molar-refractivity contribution in [3.05, 3.63) is 41.7 Å². The Kier molecular flexibility index (Phi) is 4.87. The van der Waals surface area contributed by atoms with Gasteiger partial charge in [0.25, 0.3) is 0 Å². The minimum absolute atomic E-state index is 0.644. The van der Waals surface area contributed by atoms with Gasteiger partial charge in [-0.25, -0.2) is 4.98 Å². The molecule has 5 heteroatoms. The van der Waals surface area contributed by atoms with E-state index in [1.54, 1.807) is 0 Å². The molecule has 3 N–H and O–H groups in total. The summed E-state index contributed by atoms with van der Waals surface area (Å²) in [6.45, 7) is 6.24. The highest BCUT2D eigenvalue weighted by molar-refractivity contribution is 5.56. The number of hydrogen-bond donors (Lipinski definition) is 2. The lowest BCUT2D eigenvalue weighted by Crippen LogP contribution is -2.43. The van der Waals surface area contributed by atoms with Crippen LogP contribution in [-0.4, -0.2) is 59.5 Å². The molecule has 0 spiro atoms. The van der Waals surface area contributed by atoms with E-state index in [1.165, 1.54) is 5.56 Å². The predicted molar refractivity (Wildman–Crippen MR) is 89.6 cm³/mol. The Bertz CT molecular complexity index is 599. The smallest absolute Gasteiger partial charge is 0.137 e. The van der Waals surface area contributed by atoms with Gasteiger partial charge >= 0.3 is 0 Å². The van der Waals surface area contributed by atoms with Crippen molar-refractivity contribution in [1.82, 2.24) is 19.8 Å². The number of piperazine rings is 1. The summed E-state index contributed by atoms with van der Waals surface area (Å²) in [5.74, 6) is 0.934. The van der Waals surface area contributed by atoms with Crippen molar-refractivity contribution < 1.29 is 0 Å². The zero-order valence-electron chi connectivity index (χ0n) is 13.3. The maximum Gasteiger partial charge on any atom is 0.137 e. The van der Waals surface area contributed by atoms with Crippen molar-refractivity contribution in [2.45, 2.75) is 13.0 Å². The lowest BCUT2D eigenvalue weighted by atomic mass is 10.1. The molecule has 2 heterocycles. The van der Waals surface area contributed by atoms with Crippen LogP contribution in [0.2, 0.25) is 0 Å². The molecule has 5 nitrogen and oxygen atoms in total. The van der Waals surface area contributed by atoms with Crippen LogP contribution >= 0.6 is 0 Å². The van der Waals surface area contributed by atoms with Gasteiger partial charge in [-0.05, 0) is 25.2 Å². The summed E-state index contributed by atoms with van der Waals surface area (Å²) in [5, 5.41) is 0. The van der Waals surface area contributed by atoms with Gasteiger partial charge in [-0.15, -0.1) is 0 Å². The summed E-state index contributed by atoms with van der Waals surface area (Å²) in [4.78, 5) is 12.7. The molecule has 0 saturated carbocycles. The largest absolute Gasteiger partial charge is 0.342 e. The second kappa shape index (κ2) is 7.05. The van der Waals surface area contributed by atoms with Gasteiger partial charge in [0.15, 0.2) is 0 Å². The van der Waals surface area contributed by atoms with Crippen molar-refractivity contribution in [2.75, 3.05) is 39.8 Å². The Balaban J connectivity index is 1.69. The fraction of sp³-hybridized carbons (Fsp3) is 0.471. The molecule has 0 atom stereocenters. The fourth-order valence-corrected chi connectivity index (χ4v) is 2.87. The van der Waals surface area contributed by atoms with E-state index in [4.69, 9.17) is 5.73 Å². The summed E-state index contributed by atoms with van der Waals surface area (Å²) in [6, 6.07) is 8.67. The average Bonchev–Trinajstić information content (AvgIpc) is 2.99. The van der Waals surface area contributed by atoms with Crippen LogP contribution in [0.3, 0.4) is 0 Å². The van der Waals surface area contributed by atoms with Crippen molar-refractivity contribution in [2.24, 2.45) is 5.73 Å². The molecule has 1 aliphatic heterocycles. The van der Waals surface area contributed by atoms with Gasteiger partial charge in [-0.1, -0.05) is 18.2 Å². The number of hydrogen-bond acceptors (Lipinski definition) is 4. The van der Waals surface area contributed by atoms with Crippen LogP contribution in [0.1, 0.15) is 11.3 Å². The summed E-state index contributed by atoms with van der Waals surface area (Å²) in [5.41, 5.74) is 9.18. The van der Waals surface area contributed by atoms with Crippen molar-refractivity contribution in [3.8, 4) is 11.4 Å². The first-order valence-corrected chi connectivity index (χ1v) is 7.99. The van der Waals surface area contributed by atoms with Crippen molar-refractivity contribution in [3.63, 3.8) is 0 Å². The topological polar surface area (TPSA) is 61.2 Å². The van der Waals surface area contributed by atoms with Gasteiger partial charge in [-0.2, -0.15) is 0 Å². The van der Waals surface area contributed by atoms with E-state index in [0.717, 1.165) is 56.2 Å². The van der Waals surface area contributed by atoms with Crippen LogP contribution in [0.25, 0.3) is 11.4 Å². The average molecular weight is 299 g/mol. The maximum absolute atomic E-state index is 5.59. The normalized spacial score (nSPS) is 17.0. The number of rotatable bonds is 5. The Labute approximate surface area is 132 Å². The number of H-pyrrole nitrogens is 1. The van der Waals surface area contributed by atoms with E-state index in [-0.39, 0.29) is 0 Å². The number of nitrogens with zero attached hydrogens (tertiary/aromatic N) is 3. The predicted octanol–water partition coefficient (Wildman–Crippen LogP) is 1.33. The highest BCUT2D eigenvalue weighted by Gasteiger charge is 2.14. The Morgan fingerprint density at radius 1 is 1.23 bits per heavy atom. The lowest BCUT2D eigenvalue weighted by Gasteiger charge is -2.32. The monoisotopic (exact) mass is 299 g/mol. The van der Waals surface area contributed by atoms with Crippen LogP contribution in [0, 0.1) is 0 Å². The number of likely N-dealkylation sites (N-methyl/N-ethyl adjacent to an activating group) is 1. The molecule has 0 bridgehead atoms. The number of imidazole rings is 1. The molecule has 1 aliphatic rings. The summed E-state index contributed by atoms with van der Waals surface area (Å²) < 4.78 is 0. The standard InChI is InChI=1S/C17H25N5/c1-21-7-9-22(10-8-21)13-14-3-2-4-15(11-14)17-19-12-16(20-17)5-6-18/h2-4,11-12H,5-10,13,18H2,1H3,(H,19,20). The van der Waals surface area contributed by atoms with E-state index in [9.17, 15) is 0 Å². The highest BCUT2D eigenvalue weighted by Crippen LogP contribution is 2.19. The quantitative estimate of drug-likeness (QED) is 0.874. The molecule has 1 aromatic carbocycles. The van der Waals surface area contributed by atoms with Gasteiger partial charge in [0.1, 0.15) is 5.82 Å². The van der Waals surface area contributed by atoms with Gasteiger partial charge in [0, 0.05) is 56.6 Å². The number of benzene rings is 1. The second-order valence-corrected chi connectivity index (χ2v) is 6.08. The highest BCUT2D eigenvalue weighted by atomic mass is 15.2. The van der Waals surface area contributed by atoms with Crippen LogP contribution in [0.5, 0.6) is 0 Å². The Morgan fingerprint density at radius 2 is 2.05 bits per heavy atom. The molecule has 0 radical (unpaired) electrons. The Hall–Kier alpha value is -1.69. The minimum Gasteiger partial charge on any atom is -0.342 e. The molecule has 22 heavy (non-hydrogen) atoms. The number of nitrogens with one attached hydrogen (secondary N) is 1. The molecule has 1 saturated heterocycles. The van der Waals surface area contributed by atoms with Crippen LogP contribution in [0.4, 0.5) is 0 Å². The molecular formula is C17H25N5. The zero-order chi connectivity index (χ0) is 15.4. The summed E-state index contributed by atoms with van der Waals surface area (Å²) in [7, 11) is 2.19. The molecule has 0 unspecified atom stereocenters. The first-order valence-electron chi connectivity index (χ1n) is 7.99. The van der Waals surface area contributed by atoms with Gasteiger partial charge in [0.2, 0.25) is 0 Å². The molecule has 3 rings (SSSR count). The first-order chi connectivity index (χ1) is 10.7. The van der Waals surface area contributed by atoms with E-state index in [1.807, 2.05) is 6.20 Å². The Morgan fingerprint density at radius 3 is 2.82 bits per heavy atom. The van der Waals surface area contributed by atoms with Crippen LogP contribution in [-0.2, 0) is 13.0 Å². The number of nitrogens with two attached hydrogens (primary N) is 1. The summed E-state index contributed by atoms with van der Waals surface area (Å²) in [6.07, 6.45) is 2.73. The van der Waals surface area contributed by atoms with Crippen molar-refractivity contribution in [1.29, 1.82) is 0 Å². The van der Waals surface area contributed by atoms with Gasteiger partial charge < -0.3 is 15.6 Å². The lowest BCUT2D eigenvalue weighted by molar-refractivity contribution is 0.148. The maximum atomic E-state index is 5.59. The fourth-order valence-electron chi connectivity index (χ4n) is 2.87. The van der Waals surface area contributed by atoms with Gasteiger partial charge in [0.05, 0.1) is 0 Å². The molecule has 0 amide bonds. The third kappa shape index (κ3) is 3.74. The third-order valence-corrected chi connectivity index (χ3v) is 4.24. The molecule has 1 fully saturated rings. The van der Waals surface area contributed by atoms with Gasteiger partial charge in [-0.3, -0.25) is 4.90 Å². The van der Waals surface area contributed by atoms with E-state index in [0.29, 0.717) is 6.54 Å². The third-order valence-electron chi connectivity index (χ3n) is 4.24. The minimum atomic E-state index is 0.644. The van der Waals surface area contributed by atoms with E-state index < -0.39 is 0 Å². The van der Waals surface area contributed by atoms with Crippen LogP contribution < -0.4 is 5.73 Å². The molecule has 0 aliphatic carbocycles. The van der Waals surface area contributed by atoms with Crippen LogP contribution in [0.15, 0.2) is 30.5 Å². The van der Waals surface area contributed by atoms with E-state index >= 15 is 0 Å². The SMILES string of the molecule is CN1CCN(Cc2cccc(-c3ncc(CCN)[nH]3)c2)CC1. The first kappa shape index (κ1) is 15.2. The number of aromatic nitrogens is 2. The molecule has 118 valence electrons. The zero-order valence-corrected chi connectivity index (χ0v) is 13.3. The second-order valence-electron chi connectivity index (χ2n) is 6.08. The van der Waals surface area contributed by atoms with E-state index in [2.05, 4.69) is 51.1 Å². The summed E-state index contributed by atoms with van der Waals surface area (Å²) >= 11 is 0. The van der Waals surface area contributed by atoms with Crippen molar-refractivity contribution >= 4 is 0 Å².